The molecule has 3 atom stereocenters. The molecule has 1 N–H and O–H groups in total. The first-order valence-corrected chi connectivity index (χ1v) is 20.2. The third kappa shape index (κ3) is 30.4. The third-order valence-corrected chi connectivity index (χ3v) is 9.35. The van der Waals surface area contributed by atoms with Crippen LogP contribution in [0.15, 0.2) is 12.2 Å². The summed E-state index contributed by atoms with van der Waals surface area (Å²) in [7, 11) is 0. The van der Waals surface area contributed by atoms with Crippen molar-refractivity contribution in [2.75, 3.05) is 13.2 Å². The van der Waals surface area contributed by atoms with Gasteiger partial charge < -0.3 is 19.3 Å². The molecule has 6 nitrogen and oxygen atoms in total. The fourth-order valence-electron chi connectivity index (χ4n) is 6.16. The Hall–Kier alpha value is -1.40. The van der Waals surface area contributed by atoms with Gasteiger partial charge in [0.1, 0.15) is 19.3 Å². The largest absolute Gasteiger partial charge is 0.463 e. The zero-order valence-corrected chi connectivity index (χ0v) is 31.2. The lowest BCUT2D eigenvalue weighted by molar-refractivity contribution is -0.152. The van der Waals surface area contributed by atoms with E-state index in [0.29, 0.717) is 25.0 Å². The van der Waals surface area contributed by atoms with Gasteiger partial charge in [0.25, 0.3) is 0 Å². The molecule has 6 heteroatoms. The maximum Gasteiger partial charge on any atom is 0.305 e. The lowest BCUT2D eigenvalue weighted by Crippen LogP contribution is -2.25. The van der Waals surface area contributed by atoms with Gasteiger partial charge in [-0.3, -0.25) is 9.59 Å². The zero-order valence-electron chi connectivity index (χ0n) is 31.2. The van der Waals surface area contributed by atoms with Gasteiger partial charge in [0.15, 0.2) is 0 Å². The number of ether oxygens (including phenoxy) is 3. The molecule has 2 unspecified atom stereocenters. The Kier molecular flexibility index (Phi) is 29.6. The minimum Gasteiger partial charge on any atom is -0.463 e. The summed E-state index contributed by atoms with van der Waals surface area (Å²) >= 11 is 0. The van der Waals surface area contributed by atoms with Crippen molar-refractivity contribution in [3.8, 4) is 0 Å². The van der Waals surface area contributed by atoms with Crippen LogP contribution < -0.4 is 0 Å². The monoisotopic (exact) mass is 665 g/mol. The molecule has 47 heavy (non-hydrogen) atoms. The first-order valence-electron chi connectivity index (χ1n) is 20.2. The maximum atomic E-state index is 12.0. The van der Waals surface area contributed by atoms with Crippen molar-refractivity contribution in [2.45, 2.75) is 219 Å². The average molecular weight is 665 g/mol. The number of aliphatic hydroxyl groups is 1. The summed E-state index contributed by atoms with van der Waals surface area (Å²) in [5, 5.41) is 10.0. The molecule has 0 aliphatic carbocycles. The molecule has 0 radical (unpaired) electrons. The van der Waals surface area contributed by atoms with Crippen molar-refractivity contribution in [3.63, 3.8) is 0 Å². The van der Waals surface area contributed by atoms with Crippen molar-refractivity contribution < 1.29 is 28.9 Å². The first kappa shape index (κ1) is 43.6. The molecular formula is C41H76O6. The number of epoxide rings is 1. The van der Waals surface area contributed by atoms with E-state index in [4.69, 9.17) is 14.2 Å². The Bertz CT molecular complexity index is 750. The normalized spacial score (nSPS) is 16.6. The number of aliphatic hydroxyl groups excluding tert-OH is 1. The molecule has 0 saturated carbocycles. The van der Waals surface area contributed by atoms with Crippen LogP contribution in [-0.2, 0) is 23.8 Å². The maximum absolute atomic E-state index is 12.0. The van der Waals surface area contributed by atoms with Crippen LogP contribution in [0, 0.1) is 5.92 Å². The minimum atomic E-state index is -0.970. The summed E-state index contributed by atoms with van der Waals surface area (Å²) < 4.78 is 16.1. The number of hydrogen-bond donors (Lipinski definition) is 1. The quantitative estimate of drug-likeness (QED) is 0.0314. The van der Waals surface area contributed by atoms with Gasteiger partial charge in [-0.2, -0.15) is 0 Å². The Morgan fingerprint density at radius 3 is 1.57 bits per heavy atom. The molecule has 0 aromatic carbocycles. The molecule has 1 aliphatic rings. The molecule has 0 aromatic rings. The highest BCUT2D eigenvalue weighted by Gasteiger charge is 2.36. The summed E-state index contributed by atoms with van der Waals surface area (Å²) in [5.41, 5.74) is 0. The fourth-order valence-corrected chi connectivity index (χ4v) is 6.16. The van der Waals surface area contributed by atoms with E-state index in [2.05, 4.69) is 32.9 Å². The van der Waals surface area contributed by atoms with Crippen LogP contribution >= 0.6 is 0 Å². The van der Waals surface area contributed by atoms with E-state index in [1.54, 1.807) is 0 Å². The van der Waals surface area contributed by atoms with Gasteiger partial charge in [0.2, 0.25) is 0 Å². The lowest BCUT2D eigenvalue weighted by atomic mass is 10.0. The van der Waals surface area contributed by atoms with Crippen LogP contribution in [0.4, 0.5) is 0 Å². The van der Waals surface area contributed by atoms with Crippen molar-refractivity contribution >= 4 is 11.9 Å². The minimum absolute atomic E-state index is 0.120. The Morgan fingerprint density at radius 2 is 1.09 bits per heavy atom. The van der Waals surface area contributed by atoms with Crippen molar-refractivity contribution in [3.05, 3.63) is 12.2 Å². The Morgan fingerprint density at radius 1 is 0.617 bits per heavy atom. The highest BCUT2D eigenvalue weighted by atomic mass is 16.6. The van der Waals surface area contributed by atoms with Gasteiger partial charge in [0, 0.05) is 12.8 Å². The third-order valence-electron chi connectivity index (χ3n) is 9.35. The first-order chi connectivity index (χ1) is 22.9. The van der Waals surface area contributed by atoms with E-state index in [1.807, 2.05) is 0 Å². The summed E-state index contributed by atoms with van der Waals surface area (Å²) in [6, 6.07) is 0. The second-order valence-corrected chi connectivity index (χ2v) is 14.6. The van der Waals surface area contributed by atoms with Crippen molar-refractivity contribution in [2.24, 2.45) is 5.92 Å². The van der Waals surface area contributed by atoms with Gasteiger partial charge in [0.05, 0.1) is 12.2 Å². The van der Waals surface area contributed by atoms with Crippen LogP contribution in [0.1, 0.15) is 201 Å². The predicted molar refractivity (Wildman–Crippen MR) is 196 cm³/mol. The van der Waals surface area contributed by atoms with Gasteiger partial charge in [-0.1, -0.05) is 161 Å². The van der Waals surface area contributed by atoms with Crippen LogP contribution in [0.5, 0.6) is 0 Å². The summed E-state index contributed by atoms with van der Waals surface area (Å²) in [5.74, 6) is 0.270. The number of esters is 2. The van der Waals surface area contributed by atoms with Gasteiger partial charge in [-0.25, -0.2) is 0 Å². The summed E-state index contributed by atoms with van der Waals surface area (Å²) in [6.45, 7) is 6.62. The molecule has 1 heterocycles. The van der Waals surface area contributed by atoms with Crippen LogP contribution in [-0.4, -0.2) is 48.6 Å². The molecule has 0 aromatic heterocycles. The summed E-state index contributed by atoms with van der Waals surface area (Å²) in [6.07, 6.45) is 37.2. The van der Waals surface area contributed by atoms with Gasteiger partial charge >= 0.3 is 11.9 Å². The standard InChI is InChI=1S/C41H76O6/c1-4-5-6-7-20-25-30-38-39(47-38)31-26-21-18-23-28-33-41(44)46-35-37(42)34-45-40(43)32-27-22-17-15-13-11-9-8-10-12-14-16-19-24-29-36(2)3/h20,25,36-39,42H,4-19,21-24,26-35H2,1-3H3/b25-20-/t37-,38?,39?/m0/s1. The van der Waals surface area contributed by atoms with Crippen molar-refractivity contribution in [1.82, 2.24) is 0 Å². The van der Waals surface area contributed by atoms with E-state index in [0.717, 1.165) is 63.7 Å². The van der Waals surface area contributed by atoms with Crippen LogP contribution in [0.3, 0.4) is 0 Å². The Balaban J connectivity index is 1.80. The molecule has 0 bridgehead atoms. The molecule has 1 aliphatic heterocycles. The Labute approximate surface area is 290 Å². The van der Waals surface area contributed by atoms with E-state index >= 15 is 0 Å². The SMILES string of the molecule is CCCCC/C=C\CC1OC1CCCCCCCC(=O)OC[C@@H](O)COC(=O)CCCCCCCCCCCCCCCCC(C)C. The lowest BCUT2D eigenvalue weighted by Gasteiger charge is -2.12. The smallest absolute Gasteiger partial charge is 0.305 e. The number of allylic oxidation sites excluding steroid dienone is 1. The van der Waals surface area contributed by atoms with Crippen LogP contribution in [0.25, 0.3) is 0 Å². The summed E-state index contributed by atoms with van der Waals surface area (Å²) in [4.78, 5) is 24.0. The second-order valence-electron chi connectivity index (χ2n) is 14.6. The molecule has 0 amide bonds. The highest BCUT2D eigenvalue weighted by Crippen LogP contribution is 2.30. The van der Waals surface area contributed by atoms with Crippen molar-refractivity contribution in [1.29, 1.82) is 0 Å². The fraction of sp³-hybridized carbons (Fsp3) is 0.902. The van der Waals surface area contributed by atoms with Gasteiger partial charge in [-0.05, 0) is 44.4 Å². The molecule has 276 valence electrons. The molecule has 0 spiro atoms. The molecular weight excluding hydrogens is 588 g/mol. The number of carbonyl (C=O) groups excluding carboxylic acids is 2. The topological polar surface area (TPSA) is 85.4 Å². The van der Waals surface area contributed by atoms with Crippen LogP contribution in [0.2, 0.25) is 0 Å². The van der Waals surface area contributed by atoms with E-state index in [1.165, 1.54) is 109 Å². The predicted octanol–water partition coefficient (Wildman–Crippen LogP) is 11.4. The van der Waals surface area contributed by atoms with E-state index in [-0.39, 0.29) is 25.2 Å². The second kappa shape index (κ2) is 31.8. The number of hydrogen-bond acceptors (Lipinski definition) is 6. The van der Waals surface area contributed by atoms with E-state index < -0.39 is 6.10 Å². The molecule has 1 saturated heterocycles. The number of rotatable bonds is 35. The van der Waals surface area contributed by atoms with Gasteiger partial charge in [-0.15, -0.1) is 0 Å². The molecule has 1 fully saturated rings. The highest BCUT2D eigenvalue weighted by molar-refractivity contribution is 5.69. The average Bonchev–Trinajstić information content (AvgIpc) is 3.81. The van der Waals surface area contributed by atoms with E-state index in [9.17, 15) is 14.7 Å². The molecule has 1 rings (SSSR count). The number of unbranched alkanes of at least 4 members (excludes halogenated alkanes) is 20. The number of carbonyl (C=O) groups is 2. The zero-order chi connectivity index (χ0) is 34.2.